The molecule has 1 aliphatic carbocycles. The summed E-state index contributed by atoms with van der Waals surface area (Å²) in [6.07, 6.45) is 5.64. The second kappa shape index (κ2) is 5.43. The molecule has 0 spiro atoms. The molecule has 21 heavy (non-hydrogen) atoms. The lowest BCUT2D eigenvalue weighted by Crippen LogP contribution is -2.12. The Labute approximate surface area is 122 Å². The average molecular weight is 287 g/mol. The second-order valence-electron chi connectivity index (χ2n) is 5.77. The molecule has 110 valence electrons. The van der Waals surface area contributed by atoms with Gasteiger partial charge in [0.05, 0.1) is 5.56 Å². The second-order valence-corrected chi connectivity index (χ2v) is 5.77. The number of benzene rings is 1. The van der Waals surface area contributed by atoms with Crippen LogP contribution in [0.3, 0.4) is 0 Å². The summed E-state index contributed by atoms with van der Waals surface area (Å²) in [7, 11) is 0. The van der Waals surface area contributed by atoms with Gasteiger partial charge in [-0.25, -0.2) is 14.2 Å². The van der Waals surface area contributed by atoms with E-state index in [1.807, 2.05) is 0 Å². The van der Waals surface area contributed by atoms with E-state index < -0.39 is 11.8 Å². The number of pyridine rings is 1. The lowest BCUT2D eigenvalue weighted by atomic mass is 9.91. The normalized spacial score (nSPS) is 15.3. The van der Waals surface area contributed by atoms with Crippen molar-refractivity contribution in [3.8, 4) is 0 Å². The Morgan fingerprint density at radius 3 is 2.62 bits per heavy atom. The highest BCUT2D eigenvalue weighted by Gasteiger charge is 2.22. The van der Waals surface area contributed by atoms with Crippen LogP contribution in [0.25, 0.3) is 10.9 Å². The number of carboxylic acid groups (broad SMARTS) is 1. The van der Waals surface area contributed by atoms with Crippen molar-refractivity contribution in [2.75, 3.05) is 0 Å². The standard InChI is InChI=1S/C17H18FNO2/c1-10-8-12-15(17(20)21)11-6-4-2-3-5-7-14(11)19-16(12)13(18)9-10/h8-9H,2-7H2,1H3,(H,20,21). The molecule has 4 heteroatoms. The molecule has 1 aromatic carbocycles. The fourth-order valence-corrected chi connectivity index (χ4v) is 3.22. The first-order valence-corrected chi connectivity index (χ1v) is 7.43. The van der Waals surface area contributed by atoms with Crippen molar-refractivity contribution in [1.82, 2.24) is 4.98 Å². The van der Waals surface area contributed by atoms with Crippen molar-refractivity contribution in [3.63, 3.8) is 0 Å². The zero-order valence-corrected chi connectivity index (χ0v) is 12.1. The van der Waals surface area contributed by atoms with Gasteiger partial charge in [0, 0.05) is 11.1 Å². The first kappa shape index (κ1) is 14.0. The van der Waals surface area contributed by atoms with Crippen LogP contribution >= 0.6 is 0 Å². The van der Waals surface area contributed by atoms with Crippen molar-refractivity contribution < 1.29 is 14.3 Å². The molecular weight excluding hydrogens is 269 g/mol. The third-order valence-corrected chi connectivity index (χ3v) is 4.18. The van der Waals surface area contributed by atoms with Crippen molar-refractivity contribution >= 4 is 16.9 Å². The van der Waals surface area contributed by atoms with Crippen LogP contribution in [0.1, 0.15) is 52.9 Å². The number of aromatic carboxylic acids is 1. The number of rotatable bonds is 1. The van der Waals surface area contributed by atoms with Gasteiger partial charge < -0.3 is 5.11 Å². The van der Waals surface area contributed by atoms with Gasteiger partial charge in [-0.05, 0) is 55.9 Å². The predicted octanol–water partition coefficient (Wildman–Crippen LogP) is 4.04. The van der Waals surface area contributed by atoms with Gasteiger partial charge in [0.15, 0.2) is 0 Å². The highest BCUT2D eigenvalue weighted by molar-refractivity contribution is 6.04. The van der Waals surface area contributed by atoms with Crippen molar-refractivity contribution in [1.29, 1.82) is 0 Å². The third-order valence-electron chi connectivity index (χ3n) is 4.18. The van der Waals surface area contributed by atoms with E-state index in [0.717, 1.165) is 55.3 Å². The largest absolute Gasteiger partial charge is 0.478 e. The summed E-state index contributed by atoms with van der Waals surface area (Å²) in [5.41, 5.74) is 2.73. The molecule has 0 saturated heterocycles. The third kappa shape index (κ3) is 2.50. The Morgan fingerprint density at radius 1 is 1.19 bits per heavy atom. The van der Waals surface area contributed by atoms with E-state index in [1.165, 1.54) is 6.07 Å². The zero-order valence-electron chi connectivity index (χ0n) is 12.1. The first-order chi connectivity index (χ1) is 10.1. The molecule has 1 aromatic heterocycles. The zero-order chi connectivity index (χ0) is 15.0. The lowest BCUT2D eigenvalue weighted by Gasteiger charge is -2.17. The van der Waals surface area contributed by atoms with Crippen LogP contribution in [0.5, 0.6) is 0 Å². The Morgan fingerprint density at radius 2 is 1.90 bits per heavy atom. The SMILES string of the molecule is Cc1cc(F)c2nc3c(c(C(=O)O)c2c1)CCCCCC3. The van der Waals surface area contributed by atoms with E-state index in [2.05, 4.69) is 4.98 Å². The fraction of sp³-hybridized carbons (Fsp3) is 0.412. The number of carbonyl (C=O) groups is 1. The van der Waals surface area contributed by atoms with Crippen LogP contribution in [0.4, 0.5) is 4.39 Å². The Kier molecular flexibility index (Phi) is 3.62. The van der Waals surface area contributed by atoms with Crippen LogP contribution in [0.15, 0.2) is 12.1 Å². The minimum atomic E-state index is -0.982. The Hall–Kier alpha value is -1.97. The van der Waals surface area contributed by atoms with Crippen LogP contribution in [0, 0.1) is 12.7 Å². The van der Waals surface area contributed by atoms with Gasteiger partial charge in [-0.1, -0.05) is 12.8 Å². The number of aryl methyl sites for hydroxylation is 2. The quantitative estimate of drug-likeness (QED) is 0.861. The molecule has 0 radical (unpaired) electrons. The maximum absolute atomic E-state index is 14.2. The molecule has 0 unspecified atom stereocenters. The topological polar surface area (TPSA) is 50.2 Å². The molecule has 0 aliphatic heterocycles. The van der Waals surface area contributed by atoms with Crippen LogP contribution in [-0.2, 0) is 12.8 Å². The summed E-state index contributed by atoms with van der Waals surface area (Å²) in [5, 5.41) is 10.1. The number of hydrogen-bond donors (Lipinski definition) is 1. The smallest absolute Gasteiger partial charge is 0.336 e. The van der Waals surface area contributed by atoms with E-state index >= 15 is 0 Å². The number of nitrogens with zero attached hydrogens (tertiary/aromatic N) is 1. The van der Waals surface area contributed by atoms with E-state index in [-0.39, 0.29) is 11.1 Å². The van der Waals surface area contributed by atoms with Crippen molar-refractivity contribution in [2.45, 2.75) is 45.4 Å². The molecule has 0 fully saturated rings. The molecule has 0 atom stereocenters. The van der Waals surface area contributed by atoms with Gasteiger partial charge in [0.1, 0.15) is 11.3 Å². The summed E-state index contributed by atoms with van der Waals surface area (Å²) in [4.78, 5) is 16.2. The lowest BCUT2D eigenvalue weighted by molar-refractivity contribution is 0.0697. The summed E-state index contributed by atoms with van der Waals surface area (Å²) in [5.74, 6) is -1.42. The summed E-state index contributed by atoms with van der Waals surface area (Å²) < 4.78 is 14.2. The fourth-order valence-electron chi connectivity index (χ4n) is 3.22. The molecular formula is C17H18FNO2. The molecule has 0 amide bonds. The Bertz CT molecular complexity index is 725. The number of aromatic nitrogens is 1. The first-order valence-electron chi connectivity index (χ1n) is 7.43. The molecule has 1 N–H and O–H groups in total. The van der Waals surface area contributed by atoms with E-state index in [1.54, 1.807) is 13.0 Å². The van der Waals surface area contributed by atoms with Gasteiger partial charge in [0.2, 0.25) is 0 Å². The van der Waals surface area contributed by atoms with E-state index in [4.69, 9.17) is 0 Å². The van der Waals surface area contributed by atoms with Crippen molar-refractivity contribution in [3.05, 3.63) is 40.3 Å². The van der Waals surface area contributed by atoms with Crippen LogP contribution in [0.2, 0.25) is 0 Å². The van der Waals surface area contributed by atoms with E-state index in [0.29, 0.717) is 5.39 Å². The number of hydrogen-bond acceptors (Lipinski definition) is 2. The summed E-state index contributed by atoms with van der Waals surface area (Å²) >= 11 is 0. The molecule has 3 rings (SSSR count). The van der Waals surface area contributed by atoms with Gasteiger partial charge >= 0.3 is 5.97 Å². The number of carboxylic acids is 1. The van der Waals surface area contributed by atoms with Gasteiger partial charge in [0.25, 0.3) is 0 Å². The van der Waals surface area contributed by atoms with E-state index in [9.17, 15) is 14.3 Å². The van der Waals surface area contributed by atoms with Crippen molar-refractivity contribution in [2.24, 2.45) is 0 Å². The molecule has 0 saturated carbocycles. The minimum absolute atomic E-state index is 0.192. The molecule has 2 aromatic rings. The molecule has 1 heterocycles. The van der Waals surface area contributed by atoms with Crippen LogP contribution in [-0.4, -0.2) is 16.1 Å². The maximum Gasteiger partial charge on any atom is 0.336 e. The maximum atomic E-state index is 14.2. The van der Waals surface area contributed by atoms with Gasteiger partial charge in [-0.3, -0.25) is 0 Å². The summed E-state index contributed by atoms with van der Waals surface area (Å²) in [6, 6.07) is 3.14. The van der Waals surface area contributed by atoms with Gasteiger partial charge in [-0.15, -0.1) is 0 Å². The minimum Gasteiger partial charge on any atom is -0.478 e. The molecule has 0 bridgehead atoms. The highest BCUT2D eigenvalue weighted by Crippen LogP contribution is 2.30. The summed E-state index contributed by atoms with van der Waals surface area (Å²) in [6.45, 7) is 1.77. The average Bonchev–Trinajstić information content (AvgIpc) is 2.38. The number of halogens is 1. The number of fused-ring (bicyclic) bond motifs is 2. The Balaban J connectivity index is 2.37. The van der Waals surface area contributed by atoms with Crippen LogP contribution < -0.4 is 0 Å². The predicted molar refractivity (Wildman–Crippen MR) is 79.3 cm³/mol. The monoisotopic (exact) mass is 287 g/mol. The molecule has 3 nitrogen and oxygen atoms in total. The highest BCUT2D eigenvalue weighted by atomic mass is 19.1. The molecule has 1 aliphatic rings. The van der Waals surface area contributed by atoms with Gasteiger partial charge in [-0.2, -0.15) is 0 Å².